The fourth-order valence-electron chi connectivity index (χ4n) is 5.33. The first kappa shape index (κ1) is 32.7. The van der Waals surface area contributed by atoms with E-state index in [1.807, 2.05) is 68.6 Å². The van der Waals surface area contributed by atoms with Crippen LogP contribution in [0.1, 0.15) is 46.0 Å². The molecule has 246 valence electrons. The zero-order valence-electron chi connectivity index (χ0n) is 27.3. The minimum absolute atomic E-state index is 0.0731. The van der Waals surface area contributed by atoms with Gasteiger partial charge in [0.05, 0.1) is 52.7 Å². The molecule has 0 aliphatic rings. The molecule has 6 aromatic rings. The molecule has 49 heavy (non-hydrogen) atoms. The first-order valence-electron chi connectivity index (χ1n) is 15.1. The van der Waals surface area contributed by atoms with Crippen molar-refractivity contribution in [3.8, 4) is 28.8 Å². The van der Waals surface area contributed by atoms with Crippen molar-refractivity contribution in [2.75, 3.05) is 16.7 Å². The molecule has 1 amide bonds. The molecular weight excluding hydrogens is 639 g/mol. The largest absolute Gasteiger partial charge is 0.382 e. The summed E-state index contributed by atoms with van der Waals surface area (Å²) in [6.45, 7) is 3.71. The zero-order chi connectivity index (χ0) is 34.9. The van der Waals surface area contributed by atoms with Crippen LogP contribution in [-0.4, -0.2) is 51.5 Å². The molecule has 0 aliphatic carbocycles. The Morgan fingerprint density at radius 1 is 1.02 bits per heavy atom. The van der Waals surface area contributed by atoms with Gasteiger partial charge in [0.15, 0.2) is 11.5 Å². The van der Waals surface area contributed by atoms with Crippen molar-refractivity contribution in [2.24, 2.45) is 7.05 Å². The van der Waals surface area contributed by atoms with E-state index in [0.29, 0.717) is 44.7 Å². The predicted molar refractivity (Wildman–Crippen MR) is 194 cm³/mol. The Kier molecular flexibility index (Phi) is 8.73. The Morgan fingerprint density at radius 3 is 2.49 bits per heavy atom. The van der Waals surface area contributed by atoms with Gasteiger partial charge in [-0.2, -0.15) is 5.10 Å². The van der Waals surface area contributed by atoms with Crippen LogP contribution in [0.2, 0.25) is 0 Å². The van der Waals surface area contributed by atoms with Crippen molar-refractivity contribution < 1.29 is 9.00 Å². The first-order chi connectivity index (χ1) is 23.4. The lowest BCUT2D eigenvalue weighted by atomic mass is 10.0. The number of amides is 1. The maximum absolute atomic E-state index is 14.4. The SMILES string of the molecule is C=S(C)(=O)Nc1cncc(-c2cnc(N)c(C(=O)NC(C)c3cc4cccc(C#Cc5cnn(C)c5C)c4c(=O)n3-c3ccccc3)n2)c1. The maximum atomic E-state index is 14.4. The van der Waals surface area contributed by atoms with Crippen LogP contribution in [0, 0.1) is 18.8 Å². The average Bonchev–Trinajstić information content (AvgIpc) is 3.39. The highest BCUT2D eigenvalue weighted by molar-refractivity contribution is 8.00. The summed E-state index contributed by atoms with van der Waals surface area (Å²) in [5, 5.41) is 8.34. The third-order valence-electron chi connectivity index (χ3n) is 7.83. The standard InChI is InChI=1S/C36H33N9O3S/c1-22(41-35(46)33-34(37)39-21-30(42-33)27-16-28(20-38-18-27)43-49(4,5)48)31-17-25-11-9-10-24(14-15-26-19-40-44(3)23(26)2)32(25)36(47)45(31)29-12-7-6-8-13-29/h6-13,16-22H,4H2,1-3,5H3,(H2,37,39)(H,41,46)(H,43,48). The average molecular weight is 672 g/mol. The smallest absolute Gasteiger partial charge is 0.274 e. The van der Waals surface area contributed by atoms with Gasteiger partial charge in [0.25, 0.3) is 11.5 Å². The third-order valence-corrected chi connectivity index (χ3v) is 8.50. The van der Waals surface area contributed by atoms with E-state index < -0.39 is 21.7 Å². The van der Waals surface area contributed by atoms with Crippen LogP contribution in [0.4, 0.5) is 11.5 Å². The fraction of sp³-hybridized carbons (Fsp3) is 0.139. The third kappa shape index (κ3) is 6.90. The molecule has 0 bridgehead atoms. The number of hydrogen-bond acceptors (Lipinski definition) is 8. The lowest BCUT2D eigenvalue weighted by Crippen LogP contribution is -2.33. The molecule has 0 saturated carbocycles. The second-order valence-corrected chi connectivity index (χ2v) is 13.8. The van der Waals surface area contributed by atoms with E-state index in [1.165, 1.54) is 18.6 Å². The van der Waals surface area contributed by atoms with Gasteiger partial charge >= 0.3 is 0 Å². The summed E-state index contributed by atoms with van der Waals surface area (Å²) in [5.74, 6) is 9.28. The van der Waals surface area contributed by atoms with E-state index in [4.69, 9.17) is 5.73 Å². The number of carbonyl (C=O) groups is 1. The summed E-state index contributed by atoms with van der Waals surface area (Å²) in [4.78, 5) is 41.0. The van der Waals surface area contributed by atoms with Gasteiger partial charge in [-0.15, -0.1) is 0 Å². The summed E-state index contributed by atoms with van der Waals surface area (Å²) in [7, 11) is -0.698. The quantitative estimate of drug-likeness (QED) is 0.169. The number of nitrogens with zero attached hydrogens (tertiary/aromatic N) is 6. The molecule has 0 fully saturated rings. The predicted octanol–water partition coefficient (Wildman–Crippen LogP) is 4.03. The number of para-hydroxylation sites is 1. The number of anilines is 2. The van der Waals surface area contributed by atoms with Crippen molar-refractivity contribution >= 4 is 43.8 Å². The van der Waals surface area contributed by atoms with Gasteiger partial charge in [0.2, 0.25) is 0 Å². The number of nitrogen functional groups attached to an aromatic ring is 1. The van der Waals surface area contributed by atoms with Crippen LogP contribution in [0.3, 0.4) is 0 Å². The summed E-state index contributed by atoms with van der Waals surface area (Å²) in [5.41, 5.74) is 10.5. The van der Waals surface area contributed by atoms with Crippen molar-refractivity contribution in [1.82, 2.24) is 34.6 Å². The normalized spacial score (nSPS) is 12.8. The molecule has 13 heteroatoms. The van der Waals surface area contributed by atoms with Gasteiger partial charge in [-0.3, -0.25) is 23.8 Å². The number of hydrogen-bond donors (Lipinski definition) is 3. The highest BCUT2D eigenvalue weighted by atomic mass is 32.2. The van der Waals surface area contributed by atoms with E-state index in [0.717, 1.165) is 11.3 Å². The van der Waals surface area contributed by atoms with Gasteiger partial charge < -0.3 is 15.8 Å². The number of rotatable bonds is 7. The van der Waals surface area contributed by atoms with Crippen LogP contribution in [0.25, 0.3) is 27.7 Å². The lowest BCUT2D eigenvalue weighted by molar-refractivity contribution is 0.0934. The molecule has 0 aliphatic heterocycles. The van der Waals surface area contributed by atoms with Crippen molar-refractivity contribution in [2.45, 2.75) is 19.9 Å². The van der Waals surface area contributed by atoms with E-state index in [-0.39, 0.29) is 17.1 Å². The number of fused-ring (bicyclic) bond motifs is 1. The molecule has 4 heterocycles. The number of nitrogens with one attached hydrogen (secondary N) is 2. The van der Waals surface area contributed by atoms with Crippen molar-refractivity contribution in [3.63, 3.8) is 0 Å². The molecule has 2 unspecified atom stereocenters. The number of aromatic nitrogens is 6. The van der Waals surface area contributed by atoms with Gasteiger partial charge in [-0.25, -0.2) is 14.2 Å². The Morgan fingerprint density at radius 2 is 1.78 bits per heavy atom. The van der Waals surface area contributed by atoms with Crippen LogP contribution in [0.5, 0.6) is 0 Å². The number of benzene rings is 2. The highest BCUT2D eigenvalue weighted by Gasteiger charge is 2.22. The minimum Gasteiger partial charge on any atom is -0.382 e. The van der Waals surface area contributed by atoms with Gasteiger partial charge in [-0.1, -0.05) is 42.2 Å². The molecule has 12 nitrogen and oxygen atoms in total. The molecule has 0 saturated heterocycles. The van der Waals surface area contributed by atoms with E-state index in [9.17, 15) is 13.8 Å². The van der Waals surface area contributed by atoms with E-state index >= 15 is 0 Å². The topological polar surface area (TPSA) is 163 Å². The lowest BCUT2D eigenvalue weighted by Gasteiger charge is -2.21. The second-order valence-electron chi connectivity index (χ2n) is 11.6. The van der Waals surface area contributed by atoms with Crippen LogP contribution >= 0.6 is 0 Å². The van der Waals surface area contributed by atoms with Crippen molar-refractivity contribution in [1.29, 1.82) is 0 Å². The van der Waals surface area contributed by atoms with Crippen LogP contribution in [-0.2, 0) is 16.8 Å². The van der Waals surface area contributed by atoms with Gasteiger partial charge in [-0.05, 0) is 55.4 Å². The summed E-state index contributed by atoms with van der Waals surface area (Å²) in [6, 6.07) is 17.6. The maximum Gasteiger partial charge on any atom is 0.274 e. The highest BCUT2D eigenvalue weighted by Crippen LogP contribution is 2.25. The van der Waals surface area contributed by atoms with E-state index in [1.54, 1.807) is 34.6 Å². The molecule has 0 radical (unpaired) electrons. The van der Waals surface area contributed by atoms with Crippen LogP contribution < -0.4 is 21.3 Å². The Hall–Kier alpha value is -6.26. The monoisotopic (exact) mass is 671 g/mol. The number of pyridine rings is 2. The number of carbonyl (C=O) groups excluding carboxylic acids is 1. The Bertz CT molecular complexity index is 2480. The molecule has 4 aromatic heterocycles. The Balaban J connectivity index is 1.39. The fourth-order valence-corrected chi connectivity index (χ4v) is 5.94. The minimum atomic E-state index is -2.55. The van der Waals surface area contributed by atoms with Gasteiger partial charge in [0.1, 0.15) is 0 Å². The molecule has 2 atom stereocenters. The van der Waals surface area contributed by atoms with E-state index in [2.05, 4.69) is 47.8 Å². The summed E-state index contributed by atoms with van der Waals surface area (Å²) in [6.07, 6.45) is 7.64. The Labute approximate surface area is 283 Å². The summed E-state index contributed by atoms with van der Waals surface area (Å²) < 4.78 is 18.3. The number of aryl methyl sites for hydroxylation is 1. The second kappa shape index (κ2) is 13.1. The molecule has 6 rings (SSSR count). The molecular formula is C36H33N9O3S. The summed E-state index contributed by atoms with van der Waals surface area (Å²) >= 11 is 0. The first-order valence-corrected chi connectivity index (χ1v) is 17.3. The number of nitrogens with two attached hydrogens (primary N) is 1. The van der Waals surface area contributed by atoms with Gasteiger partial charge in [0, 0.05) is 51.7 Å². The molecule has 2 aromatic carbocycles. The molecule has 0 spiro atoms. The zero-order valence-corrected chi connectivity index (χ0v) is 28.1. The molecule has 4 N–H and O–H groups in total. The van der Waals surface area contributed by atoms with Crippen LogP contribution in [0.15, 0.2) is 90.2 Å². The van der Waals surface area contributed by atoms with Crippen molar-refractivity contribution in [3.05, 3.63) is 124 Å².